The molecule has 0 radical (unpaired) electrons. The number of anilines is 1. The van der Waals surface area contributed by atoms with Crippen molar-refractivity contribution in [3.63, 3.8) is 0 Å². The molecule has 4 nitrogen and oxygen atoms in total. The van der Waals surface area contributed by atoms with Gasteiger partial charge >= 0.3 is 0 Å². The fourth-order valence-corrected chi connectivity index (χ4v) is 3.36. The molecule has 0 amide bonds. The van der Waals surface area contributed by atoms with Gasteiger partial charge in [0.2, 0.25) is 0 Å². The lowest BCUT2D eigenvalue weighted by atomic mass is 9.99. The lowest BCUT2D eigenvalue weighted by molar-refractivity contribution is 0.157. The molecule has 3 heterocycles. The fraction of sp³-hybridized carbons (Fsp3) is 0.706. The van der Waals surface area contributed by atoms with Crippen molar-refractivity contribution in [3.8, 4) is 0 Å². The molecule has 0 aliphatic carbocycles. The quantitative estimate of drug-likeness (QED) is 0.849. The molecule has 0 spiro atoms. The zero-order valence-corrected chi connectivity index (χ0v) is 13.5. The first kappa shape index (κ1) is 15.7. The summed E-state index contributed by atoms with van der Waals surface area (Å²) in [6.07, 6.45) is 4.35. The molecule has 2 aliphatic heterocycles. The summed E-state index contributed by atoms with van der Waals surface area (Å²) >= 11 is 0. The average molecular weight is 306 g/mol. The number of piperidine rings is 1. The van der Waals surface area contributed by atoms with E-state index >= 15 is 0 Å². The summed E-state index contributed by atoms with van der Waals surface area (Å²) in [6, 6.07) is 3.14. The average Bonchev–Trinajstić information content (AvgIpc) is 2.55. The maximum atomic E-state index is 13.8. The van der Waals surface area contributed by atoms with Gasteiger partial charge in [0.25, 0.3) is 0 Å². The Labute approximate surface area is 132 Å². The van der Waals surface area contributed by atoms with E-state index in [4.69, 9.17) is 0 Å². The van der Waals surface area contributed by atoms with Crippen molar-refractivity contribution in [3.05, 3.63) is 24.1 Å². The molecule has 0 atom stereocenters. The summed E-state index contributed by atoms with van der Waals surface area (Å²) in [7, 11) is 0. The first-order chi connectivity index (χ1) is 10.7. The van der Waals surface area contributed by atoms with Crippen molar-refractivity contribution in [1.82, 2.24) is 14.8 Å². The van der Waals surface area contributed by atoms with Gasteiger partial charge in [-0.1, -0.05) is 6.92 Å². The van der Waals surface area contributed by atoms with Gasteiger partial charge in [0.05, 0.1) is 0 Å². The molecule has 2 aliphatic rings. The van der Waals surface area contributed by atoms with E-state index in [-0.39, 0.29) is 5.82 Å². The third-order valence-corrected chi connectivity index (χ3v) is 5.02. The Kier molecular flexibility index (Phi) is 5.26. The zero-order valence-electron chi connectivity index (χ0n) is 13.5. The minimum absolute atomic E-state index is 0.210. The van der Waals surface area contributed by atoms with Crippen LogP contribution in [0.25, 0.3) is 0 Å². The Morgan fingerprint density at radius 2 is 1.68 bits per heavy atom. The second kappa shape index (κ2) is 7.38. The Morgan fingerprint density at radius 3 is 2.32 bits per heavy atom. The van der Waals surface area contributed by atoms with Crippen LogP contribution in [0.2, 0.25) is 0 Å². The van der Waals surface area contributed by atoms with E-state index in [0.717, 1.165) is 38.6 Å². The summed E-state index contributed by atoms with van der Waals surface area (Å²) in [4.78, 5) is 11.3. The third-order valence-electron chi connectivity index (χ3n) is 5.02. The fourth-order valence-electron chi connectivity index (χ4n) is 3.36. The van der Waals surface area contributed by atoms with Crippen LogP contribution in [-0.2, 0) is 0 Å². The van der Waals surface area contributed by atoms with Gasteiger partial charge in [0.1, 0.15) is 0 Å². The molecular formula is C17H27FN4. The van der Waals surface area contributed by atoms with Crippen LogP contribution in [0.4, 0.5) is 10.2 Å². The van der Waals surface area contributed by atoms with Crippen LogP contribution in [0.5, 0.6) is 0 Å². The van der Waals surface area contributed by atoms with E-state index in [9.17, 15) is 4.39 Å². The molecule has 0 N–H and O–H groups in total. The highest BCUT2D eigenvalue weighted by atomic mass is 19.1. The highest BCUT2D eigenvalue weighted by molar-refractivity contribution is 5.40. The van der Waals surface area contributed by atoms with Crippen molar-refractivity contribution < 1.29 is 4.39 Å². The minimum Gasteiger partial charge on any atom is -0.352 e. The molecule has 1 aromatic heterocycles. The summed E-state index contributed by atoms with van der Waals surface area (Å²) in [5, 5.41) is 0. The number of nitrogens with zero attached hydrogens (tertiary/aromatic N) is 4. The van der Waals surface area contributed by atoms with Gasteiger partial charge in [-0.05, 0) is 44.0 Å². The Bertz CT molecular complexity index is 465. The molecule has 0 unspecified atom stereocenters. The summed E-state index contributed by atoms with van der Waals surface area (Å²) < 4.78 is 13.8. The number of rotatable bonds is 4. The molecule has 2 saturated heterocycles. The van der Waals surface area contributed by atoms with Crippen molar-refractivity contribution in [2.45, 2.75) is 19.8 Å². The third kappa shape index (κ3) is 3.96. The SMILES string of the molecule is CC1CCN(CCN2CCN(c3ncccc3F)CC2)CC1. The van der Waals surface area contributed by atoms with Gasteiger partial charge in [-0.2, -0.15) is 0 Å². The molecule has 1 aromatic rings. The molecule has 0 aromatic carbocycles. The first-order valence-corrected chi connectivity index (χ1v) is 8.52. The number of pyridine rings is 1. The first-order valence-electron chi connectivity index (χ1n) is 8.52. The highest BCUT2D eigenvalue weighted by Gasteiger charge is 2.21. The van der Waals surface area contributed by atoms with Gasteiger partial charge in [-0.15, -0.1) is 0 Å². The second-order valence-corrected chi connectivity index (χ2v) is 6.66. The monoisotopic (exact) mass is 306 g/mol. The van der Waals surface area contributed by atoms with Gasteiger partial charge < -0.3 is 9.80 Å². The van der Waals surface area contributed by atoms with Crippen LogP contribution in [-0.4, -0.2) is 67.1 Å². The molecule has 22 heavy (non-hydrogen) atoms. The molecule has 0 bridgehead atoms. The van der Waals surface area contributed by atoms with E-state index in [1.807, 2.05) is 0 Å². The zero-order chi connectivity index (χ0) is 15.4. The topological polar surface area (TPSA) is 22.6 Å². The number of hydrogen-bond acceptors (Lipinski definition) is 4. The standard InChI is InChI=1S/C17H27FN4/c1-15-4-7-20(8-5-15)9-10-21-11-13-22(14-12-21)17-16(18)3-2-6-19-17/h2-3,6,15H,4-5,7-14H2,1H3. The van der Waals surface area contributed by atoms with Gasteiger partial charge in [-0.25, -0.2) is 9.37 Å². The predicted molar refractivity (Wildman–Crippen MR) is 87.7 cm³/mol. The van der Waals surface area contributed by atoms with Crippen LogP contribution in [0.15, 0.2) is 18.3 Å². The van der Waals surface area contributed by atoms with Gasteiger partial charge in [0.15, 0.2) is 11.6 Å². The van der Waals surface area contributed by atoms with Crippen molar-refractivity contribution >= 4 is 5.82 Å². The van der Waals surface area contributed by atoms with E-state index < -0.39 is 0 Å². The summed E-state index contributed by atoms with van der Waals surface area (Å²) in [5.41, 5.74) is 0. The van der Waals surface area contributed by atoms with E-state index in [1.54, 1.807) is 12.3 Å². The van der Waals surface area contributed by atoms with Crippen LogP contribution in [0.3, 0.4) is 0 Å². The Balaban J connectivity index is 1.41. The minimum atomic E-state index is -0.210. The Hall–Kier alpha value is -1.20. The molecule has 5 heteroatoms. The summed E-state index contributed by atoms with van der Waals surface area (Å²) in [6.45, 7) is 10.9. The van der Waals surface area contributed by atoms with Crippen LogP contribution in [0.1, 0.15) is 19.8 Å². The number of hydrogen-bond donors (Lipinski definition) is 0. The molecule has 2 fully saturated rings. The smallest absolute Gasteiger partial charge is 0.165 e. The van der Waals surface area contributed by atoms with E-state index in [0.29, 0.717) is 5.82 Å². The van der Waals surface area contributed by atoms with Crippen LogP contribution in [0, 0.1) is 11.7 Å². The molecule has 3 rings (SSSR count). The van der Waals surface area contributed by atoms with Crippen molar-refractivity contribution in [1.29, 1.82) is 0 Å². The highest BCUT2D eigenvalue weighted by Crippen LogP contribution is 2.18. The lowest BCUT2D eigenvalue weighted by Gasteiger charge is -2.37. The van der Waals surface area contributed by atoms with Crippen LogP contribution < -0.4 is 4.90 Å². The van der Waals surface area contributed by atoms with Gasteiger partial charge in [-0.3, -0.25) is 4.90 Å². The van der Waals surface area contributed by atoms with Crippen LogP contribution >= 0.6 is 0 Å². The Morgan fingerprint density at radius 1 is 1.05 bits per heavy atom. The second-order valence-electron chi connectivity index (χ2n) is 6.66. The van der Waals surface area contributed by atoms with Crippen molar-refractivity contribution in [2.24, 2.45) is 5.92 Å². The van der Waals surface area contributed by atoms with E-state index in [1.165, 1.54) is 38.5 Å². The molecule has 122 valence electrons. The maximum absolute atomic E-state index is 13.8. The molecular weight excluding hydrogens is 279 g/mol. The number of aromatic nitrogens is 1. The van der Waals surface area contributed by atoms with Crippen molar-refractivity contribution in [2.75, 3.05) is 57.3 Å². The van der Waals surface area contributed by atoms with E-state index in [2.05, 4.69) is 26.6 Å². The number of likely N-dealkylation sites (tertiary alicyclic amines) is 1. The lowest BCUT2D eigenvalue weighted by Crippen LogP contribution is -2.49. The normalized spacial score (nSPS) is 22.2. The molecule has 0 saturated carbocycles. The maximum Gasteiger partial charge on any atom is 0.165 e. The number of halogens is 1. The predicted octanol–water partition coefficient (Wildman–Crippen LogP) is 2.07. The van der Waals surface area contributed by atoms with Gasteiger partial charge in [0, 0.05) is 45.5 Å². The largest absolute Gasteiger partial charge is 0.352 e. The number of piperazine rings is 1. The summed E-state index contributed by atoms with van der Waals surface area (Å²) in [5.74, 6) is 1.19.